The SMILES string of the molecule is Nc1nc2c(ncn2[C@H]2C[C@@H]3O[P+](=O)OC[C@H]4O[C@@H](n5cnc6c(=O)[nH]c(N)nc65)C[C@@H]4OP(O)(=S)OC[C@H]3O2)c(=O)[nH]1. The molecule has 0 amide bonds. The van der Waals surface area contributed by atoms with Crippen molar-refractivity contribution in [2.24, 2.45) is 0 Å². The fourth-order valence-electron chi connectivity index (χ4n) is 5.22. The maximum atomic E-state index is 12.9. The van der Waals surface area contributed by atoms with Crippen LogP contribution in [0.1, 0.15) is 25.3 Å². The minimum atomic E-state index is -3.89. The zero-order valence-electron chi connectivity index (χ0n) is 21.7. The van der Waals surface area contributed by atoms with Crippen LogP contribution in [0.5, 0.6) is 0 Å². The van der Waals surface area contributed by atoms with Crippen LogP contribution < -0.4 is 22.6 Å². The van der Waals surface area contributed by atoms with Crippen LogP contribution in [0.15, 0.2) is 22.2 Å². The van der Waals surface area contributed by atoms with Gasteiger partial charge in [-0.15, -0.1) is 9.05 Å². The molecule has 3 aliphatic rings. The maximum Gasteiger partial charge on any atom is 0.697 e. The third kappa shape index (κ3) is 5.37. The quantitative estimate of drug-likeness (QED) is 0.173. The van der Waals surface area contributed by atoms with Crippen LogP contribution in [0.4, 0.5) is 11.9 Å². The van der Waals surface area contributed by atoms with Crippen LogP contribution in [0.3, 0.4) is 0 Å². The molecule has 4 aromatic rings. The lowest BCUT2D eigenvalue weighted by Crippen LogP contribution is -2.31. The van der Waals surface area contributed by atoms with E-state index in [0.717, 1.165) is 0 Å². The van der Waals surface area contributed by atoms with Gasteiger partial charge in [-0.05, 0) is 11.8 Å². The highest BCUT2D eigenvalue weighted by Crippen LogP contribution is 2.51. The Bertz CT molecular complexity index is 1910. The first-order valence-electron chi connectivity index (χ1n) is 12.7. The minimum absolute atomic E-state index is 0.0486. The highest BCUT2D eigenvalue weighted by molar-refractivity contribution is 8.07. The molecule has 7 rings (SSSR count). The lowest BCUT2D eigenvalue weighted by atomic mass is 10.2. The van der Waals surface area contributed by atoms with E-state index in [1.54, 1.807) is 0 Å². The van der Waals surface area contributed by atoms with Crippen molar-refractivity contribution in [3.63, 3.8) is 0 Å². The van der Waals surface area contributed by atoms with E-state index in [0.29, 0.717) is 0 Å². The number of aromatic nitrogens is 8. The summed E-state index contributed by atoms with van der Waals surface area (Å²) in [5, 5.41) is 0. The number of hydrogen-bond acceptors (Lipinski definition) is 16. The molecule has 0 aliphatic carbocycles. The number of nitrogens with two attached hydrogens (primary N) is 2. The van der Waals surface area contributed by atoms with Crippen molar-refractivity contribution in [1.82, 2.24) is 39.0 Å². The molecule has 3 saturated heterocycles. The minimum Gasteiger partial charge on any atom is -0.369 e. The summed E-state index contributed by atoms with van der Waals surface area (Å²) in [4.78, 5) is 56.6. The van der Waals surface area contributed by atoms with Gasteiger partial charge in [0.25, 0.3) is 11.1 Å². The van der Waals surface area contributed by atoms with Gasteiger partial charge in [-0.1, -0.05) is 0 Å². The van der Waals surface area contributed by atoms with E-state index in [9.17, 15) is 19.0 Å². The van der Waals surface area contributed by atoms with Gasteiger partial charge in [0.2, 0.25) is 11.9 Å². The summed E-state index contributed by atoms with van der Waals surface area (Å²) in [7, 11) is -2.69. The zero-order valence-corrected chi connectivity index (χ0v) is 24.3. The second kappa shape index (κ2) is 10.7. The van der Waals surface area contributed by atoms with E-state index < -0.39 is 63.0 Å². The molecule has 0 spiro atoms. The van der Waals surface area contributed by atoms with E-state index in [2.05, 4.69) is 29.9 Å². The number of fused-ring (bicyclic) bond motifs is 4. The molecule has 2 unspecified atom stereocenters. The molecule has 7 N–H and O–H groups in total. The van der Waals surface area contributed by atoms with Crippen molar-refractivity contribution in [2.45, 2.75) is 49.7 Å². The summed E-state index contributed by atoms with van der Waals surface area (Å²) in [5.74, 6) is -0.217. The first-order valence-corrected chi connectivity index (χ1v) is 16.4. The number of aromatic amines is 2. The van der Waals surface area contributed by atoms with Gasteiger partial charge in [-0.2, -0.15) is 9.97 Å². The van der Waals surface area contributed by atoms with E-state index >= 15 is 0 Å². The standard InChI is InChI=1S/C20H22N10O10P2S/c21-19-25-15-13(17(31)27-19)23-5-29(15)11-1-7-10(38-11)4-36-42(34,43)40-8-2-12(37-9(8)3-35-41(33)39-7)30-6-24-14-16(30)26-20(22)28-18(14)32/h5-12H,1-4H2,(H6-,21,22,25,26,27,28,31,32,34,43)/p+1/t7-,8-,9+,10+,11+,12+,42?/m0/s1. The van der Waals surface area contributed by atoms with Crippen molar-refractivity contribution in [3.05, 3.63) is 33.4 Å². The molecule has 23 heteroatoms. The molecule has 0 aromatic carbocycles. The lowest BCUT2D eigenvalue weighted by Gasteiger charge is -2.24. The Balaban J connectivity index is 1.11. The van der Waals surface area contributed by atoms with Crippen LogP contribution in [0.25, 0.3) is 22.3 Å². The van der Waals surface area contributed by atoms with Crippen molar-refractivity contribution < 1.29 is 37.0 Å². The highest BCUT2D eigenvalue weighted by atomic mass is 32.5. The number of imidazole rings is 2. The topological polar surface area (TPSA) is 272 Å². The molecular weight excluding hydrogens is 634 g/mol. The second-order valence-corrected chi connectivity index (χ2v) is 13.6. The Morgan fingerprint density at radius 2 is 1.44 bits per heavy atom. The second-order valence-electron chi connectivity index (χ2n) is 9.85. The fourth-order valence-corrected chi connectivity index (χ4v) is 7.46. The molecule has 0 radical (unpaired) electrons. The van der Waals surface area contributed by atoms with Gasteiger partial charge in [0, 0.05) is 17.4 Å². The number of hydrogen-bond donors (Lipinski definition) is 5. The summed E-state index contributed by atoms with van der Waals surface area (Å²) in [5.41, 5.74) is 10.8. The van der Waals surface area contributed by atoms with Crippen LogP contribution in [-0.2, 0) is 43.9 Å². The van der Waals surface area contributed by atoms with Gasteiger partial charge in [0.15, 0.2) is 22.3 Å². The summed E-state index contributed by atoms with van der Waals surface area (Å²) in [6.07, 6.45) is -2.07. The Labute approximate surface area is 244 Å². The van der Waals surface area contributed by atoms with E-state index in [1.165, 1.54) is 21.8 Å². The number of anilines is 2. The van der Waals surface area contributed by atoms with Gasteiger partial charge < -0.3 is 34.9 Å². The third-order valence-corrected chi connectivity index (χ3v) is 9.51. The number of H-pyrrole nitrogens is 2. The van der Waals surface area contributed by atoms with Crippen molar-refractivity contribution >= 4 is 61.0 Å². The highest BCUT2D eigenvalue weighted by Gasteiger charge is 2.48. The monoisotopic (exact) mass is 657 g/mol. The summed E-state index contributed by atoms with van der Waals surface area (Å²) in [6, 6.07) is 0. The Morgan fingerprint density at radius 1 is 0.907 bits per heavy atom. The van der Waals surface area contributed by atoms with Crippen molar-refractivity contribution in [1.29, 1.82) is 0 Å². The summed E-state index contributed by atoms with van der Waals surface area (Å²) in [6.45, 7) is -4.45. The van der Waals surface area contributed by atoms with Gasteiger partial charge in [-0.3, -0.25) is 28.7 Å². The molecule has 7 heterocycles. The number of ether oxygens (including phenoxy) is 2. The number of nitrogen functional groups attached to an aromatic ring is 2. The summed E-state index contributed by atoms with van der Waals surface area (Å²) < 4.78 is 50.7. The average Bonchev–Trinajstić information content (AvgIpc) is 3.71. The molecule has 20 nitrogen and oxygen atoms in total. The van der Waals surface area contributed by atoms with Crippen molar-refractivity contribution in [2.75, 3.05) is 24.7 Å². The molecule has 8 atom stereocenters. The number of nitrogens with one attached hydrogen (secondary N) is 2. The van der Waals surface area contributed by atoms with Gasteiger partial charge in [0.1, 0.15) is 43.5 Å². The zero-order chi connectivity index (χ0) is 30.0. The molecule has 3 fully saturated rings. The Hall–Kier alpha value is -3.23. The third-order valence-electron chi connectivity index (χ3n) is 7.12. The largest absolute Gasteiger partial charge is 0.697 e. The fraction of sp³-hybridized carbons (Fsp3) is 0.500. The lowest BCUT2D eigenvalue weighted by molar-refractivity contribution is -0.0551. The molecule has 228 valence electrons. The summed E-state index contributed by atoms with van der Waals surface area (Å²) >= 11 is 5.28. The Morgan fingerprint density at radius 3 is 2.02 bits per heavy atom. The molecule has 0 bridgehead atoms. The Kier molecular flexibility index (Phi) is 7.13. The predicted octanol–water partition coefficient (Wildman–Crippen LogP) is -0.316. The molecular formula is C20H23N10O10P2S+. The van der Waals surface area contributed by atoms with Gasteiger partial charge >= 0.3 is 15.0 Å². The normalized spacial score (nSPS) is 32.8. The molecule has 43 heavy (non-hydrogen) atoms. The van der Waals surface area contributed by atoms with E-state index in [1.807, 2.05) is 0 Å². The van der Waals surface area contributed by atoms with Crippen LogP contribution >= 0.6 is 15.0 Å². The van der Waals surface area contributed by atoms with Crippen LogP contribution in [0, 0.1) is 0 Å². The first-order chi connectivity index (χ1) is 20.5. The van der Waals surface area contributed by atoms with Crippen LogP contribution in [0.2, 0.25) is 0 Å². The molecule has 4 aromatic heterocycles. The van der Waals surface area contributed by atoms with E-state index in [-0.39, 0.29) is 60.3 Å². The first kappa shape index (κ1) is 28.5. The molecule has 0 saturated carbocycles. The van der Waals surface area contributed by atoms with Gasteiger partial charge in [0.05, 0.1) is 19.3 Å². The predicted molar refractivity (Wildman–Crippen MR) is 148 cm³/mol. The van der Waals surface area contributed by atoms with Crippen molar-refractivity contribution in [3.8, 4) is 0 Å². The smallest absolute Gasteiger partial charge is 0.369 e. The number of nitrogens with zero attached hydrogens (tertiary/aromatic N) is 6. The average molecular weight is 657 g/mol. The molecule has 3 aliphatic heterocycles. The number of rotatable bonds is 2. The van der Waals surface area contributed by atoms with Gasteiger partial charge in [-0.25, -0.2) is 9.97 Å². The maximum absolute atomic E-state index is 12.9. The van der Waals surface area contributed by atoms with Crippen LogP contribution in [-0.4, -0.2) is 81.6 Å². The van der Waals surface area contributed by atoms with E-state index in [4.69, 9.17) is 50.8 Å².